The van der Waals surface area contributed by atoms with E-state index in [-0.39, 0.29) is 0 Å². The summed E-state index contributed by atoms with van der Waals surface area (Å²) < 4.78 is 0. The predicted octanol–water partition coefficient (Wildman–Crippen LogP) is 2.92. The van der Waals surface area contributed by atoms with Crippen LogP contribution in [0.25, 0.3) is 0 Å². The lowest BCUT2D eigenvalue weighted by atomic mass is 10.2. The van der Waals surface area contributed by atoms with E-state index in [9.17, 15) is 0 Å². The molecule has 4 nitrogen and oxygen atoms in total. The Kier molecular flexibility index (Phi) is 7.13. The molecule has 0 bridgehead atoms. The van der Waals surface area contributed by atoms with Crippen LogP contribution in [0.2, 0.25) is 5.02 Å². The van der Waals surface area contributed by atoms with Gasteiger partial charge in [-0.15, -0.1) is 0 Å². The third kappa shape index (κ3) is 5.47. The number of nitrogens with one attached hydrogen (secondary N) is 1. The largest absolute Gasteiger partial charge is 0.372 e. The van der Waals surface area contributed by atoms with Gasteiger partial charge in [0.15, 0.2) is 0 Å². The van der Waals surface area contributed by atoms with Crippen molar-refractivity contribution in [3.8, 4) is 0 Å². The number of benzene rings is 2. The lowest BCUT2D eigenvalue weighted by Crippen LogP contribution is -3.13. The number of hydrogen-bond acceptors (Lipinski definition) is 3. The van der Waals surface area contributed by atoms with Crippen molar-refractivity contribution < 1.29 is 4.90 Å². The van der Waals surface area contributed by atoms with E-state index in [2.05, 4.69) is 65.3 Å². The highest BCUT2D eigenvalue weighted by molar-refractivity contribution is 6.31. The van der Waals surface area contributed by atoms with Crippen LogP contribution in [0.4, 0.5) is 5.69 Å². The smallest absolute Gasteiger partial charge is 0.104 e. The Morgan fingerprint density at radius 2 is 1.70 bits per heavy atom. The maximum Gasteiger partial charge on any atom is 0.104 e. The summed E-state index contributed by atoms with van der Waals surface area (Å²) in [6.07, 6.45) is 1.98. The highest BCUT2D eigenvalue weighted by atomic mass is 35.5. The highest BCUT2D eigenvalue weighted by Gasteiger charge is 2.19. The molecule has 0 radical (unpaired) electrons. The van der Waals surface area contributed by atoms with E-state index in [1.165, 1.54) is 11.3 Å². The SMILES string of the molecule is CCN(CC)c1ccc(/C=N/N2CC[NH+](Cc3ccccc3Cl)CC2)cc1. The first kappa shape index (κ1) is 19.7. The fraction of sp³-hybridized carbons (Fsp3) is 0.409. The second-order valence-corrected chi connectivity index (χ2v) is 7.39. The summed E-state index contributed by atoms with van der Waals surface area (Å²) in [5.41, 5.74) is 3.66. The zero-order valence-corrected chi connectivity index (χ0v) is 17.1. The molecule has 3 rings (SSSR count). The van der Waals surface area contributed by atoms with Crippen LogP contribution in [0, 0.1) is 0 Å². The van der Waals surface area contributed by atoms with E-state index in [1.807, 2.05) is 18.3 Å². The van der Waals surface area contributed by atoms with E-state index >= 15 is 0 Å². The molecule has 144 valence electrons. The molecule has 1 fully saturated rings. The summed E-state index contributed by atoms with van der Waals surface area (Å²) in [4.78, 5) is 3.92. The van der Waals surface area contributed by atoms with Gasteiger partial charge in [-0.25, -0.2) is 0 Å². The molecule has 0 atom stereocenters. The molecule has 1 aliphatic heterocycles. The van der Waals surface area contributed by atoms with Crippen LogP contribution in [0.5, 0.6) is 0 Å². The number of halogens is 1. The second-order valence-electron chi connectivity index (χ2n) is 6.98. The minimum absolute atomic E-state index is 0.874. The van der Waals surface area contributed by atoms with E-state index in [0.29, 0.717) is 0 Å². The van der Waals surface area contributed by atoms with Crippen molar-refractivity contribution in [2.75, 3.05) is 44.2 Å². The minimum atomic E-state index is 0.874. The minimum Gasteiger partial charge on any atom is -0.372 e. The summed E-state index contributed by atoms with van der Waals surface area (Å²) in [5, 5.41) is 7.73. The van der Waals surface area contributed by atoms with Gasteiger partial charge >= 0.3 is 0 Å². The molecule has 0 aromatic heterocycles. The van der Waals surface area contributed by atoms with Crippen molar-refractivity contribution in [2.45, 2.75) is 20.4 Å². The van der Waals surface area contributed by atoms with Crippen molar-refractivity contribution in [3.05, 3.63) is 64.7 Å². The first-order valence-corrected chi connectivity index (χ1v) is 10.3. The van der Waals surface area contributed by atoms with Gasteiger partial charge in [0.05, 0.1) is 32.4 Å². The number of anilines is 1. The number of quaternary nitrogens is 1. The number of hydrazone groups is 1. The monoisotopic (exact) mass is 385 g/mol. The van der Waals surface area contributed by atoms with Gasteiger partial charge in [-0.1, -0.05) is 41.9 Å². The lowest BCUT2D eigenvalue weighted by molar-refractivity contribution is -0.918. The molecule has 27 heavy (non-hydrogen) atoms. The van der Waals surface area contributed by atoms with Crippen molar-refractivity contribution in [3.63, 3.8) is 0 Å². The first-order chi connectivity index (χ1) is 13.2. The van der Waals surface area contributed by atoms with Crippen molar-refractivity contribution in [1.82, 2.24) is 5.01 Å². The van der Waals surface area contributed by atoms with Crippen LogP contribution in [-0.4, -0.2) is 50.5 Å². The van der Waals surface area contributed by atoms with Gasteiger partial charge in [-0.2, -0.15) is 5.10 Å². The van der Waals surface area contributed by atoms with Gasteiger partial charge in [0.1, 0.15) is 6.54 Å². The molecule has 2 aromatic rings. The Morgan fingerprint density at radius 3 is 2.33 bits per heavy atom. The summed E-state index contributed by atoms with van der Waals surface area (Å²) in [5.74, 6) is 0. The molecule has 1 heterocycles. The lowest BCUT2D eigenvalue weighted by Gasteiger charge is -2.30. The van der Waals surface area contributed by atoms with Crippen molar-refractivity contribution >= 4 is 23.5 Å². The van der Waals surface area contributed by atoms with Crippen molar-refractivity contribution in [1.29, 1.82) is 0 Å². The molecule has 1 saturated heterocycles. The molecule has 0 saturated carbocycles. The van der Waals surface area contributed by atoms with Gasteiger partial charge in [0.25, 0.3) is 0 Å². The average Bonchev–Trinajstić information content (AvgIpc) is 2.71. The van der Waals surface area contributed by atoms with Gasteiger partial charge in [-0.3, -0.25) is 5.01 Å². The van der Waals surface area contributed by atoms with Crippen LogP contribution in [0.15, 0.2) is 53.6 Å². The third-order valence-electron chi connectivity index (χ3n) is 5.24. The molecule has 0 unspecified atom stereocenters. The van der Waals surface area contributed by atoms with Crippen LogP contribution < -0.4 is 9.80 Å². The van der Waals surface area contributed by atoms with Gasteiger partial charge in [0.2, 0.25) is 0 Å². The van der Waals surface area contributed by atoms with Gasteiger partial charge in [0, 0.05) is 29.4 Å². The van der Waals surface area contributed by atoms with Crippen LogP contribution >= 0.6 is 11.6 Å². The van der Waals surface area contributed by atoms with Crippen molar-refractivity contribution in [2.24, 2.45) is 5.10 Å². The number of nitrogens with zero attached hydrogens (tertiary/aromatic N) is 3. The molecule has 0 amide bonds. The topological polar surface area (TPSA) is 23.3 Å². The van der Waals surface area contributed by atoms with E-state index in [1.54, 1.807) is 4.90 Å². The maximum absolute atomic E-state index is 6.29. The Morgan fingerprint density at radius 1 is 1.04 bits per heavy atom. The van der Waals surface area contributed by atoms with Gasteiger partial charge < -0.3 is 9.80 Å². The Bertz CT molecular complexity index is 732. The van der Waals surface area contributed by atoms with Crippen LogP contribution in [-0.2, 0) is 6.54 Å². The molecule has 2 aromatic carbocycles. The van der Waals surface area contributed by atoms with E-state index < -0.39 is 0 Å². The standard InChI is InChI=1S/C22H29ClN4/c1-3-26(4-2)21-11-9-19(10-12-21)17-24-27-15-13-25(14-16-27)18-20-7-5-6-8-22(20)23/h5-12,17H,3-4,13-16,18H2,1-2H3/p+1/b24-17+. The summed E-state index contributed by atoms with van der Waals surface area (Å²) in [6.45, 7) is 11.6. The van der Waals surface area contributed by atoms with E-state index in [4.69, 9.17) is 11.6 Å². The fourth-order valence-electron chi connectivity index (χ4n) is 3.52. The average molecular weight is 386 g/mol. The Balaban J connectivity index is 1.49. The summed E-state index contributed by atoms with van der Waals surface area (Å²) in [6, 6.07) is 16.8. The molecule has 5 heteroatoms. The second kappa shape index (κ2) is 9.77. The zero-order valence-electron chi connectivity index (χ0n) is 16.4. The Labute approximate surface area is 168 Å². The number of piperazine rings is 1. The number of hydrogen-bond donors (Lipinski definition) is 1. The molecular weight excluding hydrogens is 356 g/mol. The van der Waals surface area contributed by atoms with E-state index in [0.717, 1.165) is 56.4 Å². The third-order valence-corrected chi connectivity index (χ3v) is 5.61. The molecule has 1 N–H and O–H groups in total. The predicted molar refractivity (Wildman–Crippen MR) is 115 cm³/mol. The molecule has 0 aliphatic carbocycles. The summed E-state index contributed by atoms with van der Waals surface area (Å²) in [7, 11) is 0. The molecular formula is C22H30ClN4+. The molecule has 0 spiro atoms. The highest BCUT2D eigenvalue weighted by Crippen LogP contribution is 2.15. The quantitative estimate of drug-likeness (QED) is 0.741. The Hall–Kier alpha value is -2.04. The van der Waals surface area contributed by atoms with Crippen LogP contribution in [0.3, 0.4) is 0 Å². The first-order valence-electron chi connectivity index (χ1n) is 9.90. The van der Waals surface area contributed by atoms with Gasteiger partial charge in [-0.05, 0) is 37.6 Å². The zero-order chi connectivity index (χ0) is 19.1. The number of rotatable bonds is 7. The maximum atomic E-state index is 6.29. The van der Waals surface area contributed by atoms with Crippen LogP contribution in [0.1, 0.15) is 25.0 Å². The molecule has 1 aliphatic rings. The summed E-state index contributed by atoms with van der Waals surface area (Å²) >= 11 is 6.29. The normalized spacial score (nSPS) is 15.4. The fourth-order valence-corrected chi connectivity index (χ4v) is 3.73.